The molecule has 1 aromatic carbocycles. The van der Waals surface area contributed by atoms with Crippen molar-refractivity contribution in [2.24, 2.45) is 5.73 Å². The number of benzene rings is 1. The van der Waals surface area contributed by atoms with E-state index < -0.39 is 0 Å². The molecule has 0 fully saturated rings. The standard InChI is InChI=1S/C16H22ClN3/c1-4-12-10-13(5-2)20(19-12)16-8-6-7-15(17)14(16)9-11(3)18/h6-8,10-11H,4-5,9,18H2,1-3H3. The van der Waals surface area contributed by atoms with E-state index in [4.69, 9.17) is 22.4 Å². The Hall–Kier alpha value is -1.32. The Morgan fingerprint density at radius 1 is 1.30 bits per heavy atom. The summed E-state index contributed by atoms with van der Waals surface area (Å²) in [5, 5.41) is 5.46. The molecule has 4 heteroatoms. The molecule has 0 bridgehead atoms. The van der Waals surface area contributed by atoms with Crippen LogP contribution in [0.2, 0.25) is 5.02 Å². The van der Waals surface area contributed by atoms with Crippen LogP contribution in [0.3, 0.4) is 0 Å². The van der Waals surface area contributed by atoms with E-state index in [0.717, 1.165) is 41.2 Å². The summed E-state index contributed by atoms with van der Waals surface area (Å²) in [6.07, 6.45) is 2.62. The van der Waals surface area contributed by atoms with E-state index in [2.05, 4.69) is 26.0 Å². The summed E-state index contributed by atoms with van der Waals surface area (Å²) in [4.78, 5) is 0. The molecule has 0 aliphatic heterocycles. The highest BCUT2D eigenvalue weighted by Crippen LogP contribution is 2.26. The summed E-state index contributed by atoms with van der Waals surface area (Å²) < 4.78 is 2.02. The van der Waals surface area contributed by atoms with Crippen molar-refractivity contribution in [2.45, 2.75) is 46.1 Å². The van der Waals surface area contributed by atoms with Gasteiger partial charge >= 0.3 is 0 Å². The number of hydrogen-bond acceptors (Lipinski definition) is 2. The monoisotopic (exact) mass is 291 g/mol. The van der Waals surface area contributed by atoms with Crippen LogP contribution in [-0.4, -0.2) is 15.8 Å². The molecule has 2 aromatic rings. The molecule has 3 nitrogen and oxygen atoms in total. The summed E-state index contributed by atoms with van der Waals surface area (Å²) >= 11 is 6.36. The SMILES string of the molecule is CCc1cc(CC)n(-c2cccc(Cl)c2CC(C)N)n1. The van der Waals surface area contributed by atoms with E-state index in [1.807, 2.05) is 23.7 Å². The third-order valence-corrected chi connectivity index (χ3v) is 3.76. The average Bonchev–Trinajstić information content (AvgIpc) is 2.84. The summed E-state index contributed by atoms with van der Waals surface area (Å²) in [6.45, 7) is 6.25. The van der Waals surface area contributed by atoms with Crippen molar-refractivity contribution in [3.63, 3.8) is 0 Å². The Balaban J connectivity index is 2.57. The highest BCUT2D eigenvalue weighted by molar-refractivity contribution is 6.31. The molecule has 0 aliphatic carbocycles. The highest BCUT2D eigenvalue weighted by Gasteiger charge is 2.14. The van der Waals surface area contributed by atoms with Crippen LogP contribution in [0.1, 0.15) is 37.7 Å². The maximum atomic E-state index is 6.36. The van der Waals surface area contributed by atoms with E-state index in [1.54, 1.807) is 0 Å². The molecule has 2 rings (SSSR count). The maximum absolute atomic E-state index is 6.36. The van der Waals surface area contributed by atoms with Gasteiger partial charge in [-0.1, -0.05) is 31.5 Å². The van der Waals surface area contributed by atoms with Gasteiger partial charge in [0.15, 0.2) is 0 Å². The zero-order chi connectivity index (χ0) is 14.7. The van der Waals surface area contributed by atoms with Gasteiger partial charge < -0.3 is 5.73 Å². The van der Waals surface area contributed by atoms with Crippen molar-refractivity contribution >= 4 is 11.6 Å². The van der Waals surface area contributed by atoms with E-state index in [0.29, 0.717) is 0 Å². The number of nitrogens with two attached hydrogens (primary N) is 1. The predicted molar refractivity (Wildman–Crippen MR) is 84.7 cm³/mol. The molecule has 1 unspecified atom stereocenters. The number of rotatable bonds is 5. The first kappa shape index (κ1) is 15.1. The number of aryl methyl sites for hydroxylation is 2. The molecule has 0 saturated carbocycles. The summed E-state index contributed by atoms with van der Waals surface area (Å²) in [5.41, 5.74) is 10.4. The van der Waals surface area contributed by atoms with Crippen LogP contribution in [0.4, 0.5) is 0 Å². The molecule has 0 saturated heterocycles. The van der Waals surface area contributed by atoms with Crippen LogP contribution < -0.4 is 5.73 Å². The smallest absolute Gasteiger partial charge is 0.0696 e. The summed E-state index contributed by atoms with van der Waals surface area (Å²) in [7, 11) is 0. The average molecular weight is 292 g/mol. The van der Waals surface area contributed by atoms with Crippen molar-refractivity contribution in [2.75, 3.05) is 0 Å². The molecule has 1 atom stereocenters. The predicted octanol–water partition coefficient (Wildman–Crippen LogP) is 3.54. The van der Waals surface area contributed by atoms with Crippen molar-refractivity contribution in [3.8, 4) is 5.69 Å². The van der Waals surface area contributed by atoms with E-state index in [9.17, 15) is 0 Å². The Kier molecular flexibility index (Phi) is 4.84. The fourth-order valence-electron chi connectivity index (χ4n) is 2.38. The lowest BCUT2D eigenvalue weighted by molar-refractivity contribution is 0.719. The van der Waals surface area contributed by atoms with Gasteiger partial charge in [0.2, 0.25) is 0 Å². The molecule has 0 spiro atoms. The second-order valence-corrected chi connectivity index (χ2v) is 5.57. The van der Waals surface area contributed by atoms with Gasteiger partial charge in [0.1, 0.15) is 0 Å². The number of hydrogen-bond donors (Lipinski definition) is 1. The van der Waals surface area contributed by atoms with E-state index >= 15 is 0 Å². The number of aromatic nitrogens is 2. The lowest BCUT2D eigenvalue weighted by Gasteiger charge is -2.15. The lowest BCUT2D eigenvalue weighted by Crippen LogP contribution is -2.19. The zero-order valence-corrected chi connectivity index (χ0v) is 13.1. The summed E-state index contributed by atoms with van der Waals surface area (Å²) in [5.74, 6) is 0. The normalized spacial score (nSPS) is 12.7. The molecular weight excluding hydrogens is 270 g/mol. The van der Waals surface area contributed by atoms with Gasteiger partial charge in [-0.05, 0) is 49.9 Å². The molecular formula is C16H22ClN3. The van der Waals surface area contributed by atoms with Gasteiger partial charge in [-0.3, -0.25) is 0 Å². The highest BCUT2D eigenvalue weighted by atomic mass is 35.5. The van der Waals surface area contributed by atoms with E-state index in [-0.39, 0.29) is 6.04 Å². The lowest BCUT2D eigenvalue weighted by atomic mass is 10.1. The zero-order valence-electron chi connectivity index (χ0n) is 12.4. The third kappa shape index (κ3) is 3.05. The number of halogens is 1. The molecule has 0 amide bonds. The van der Waals surface area contributed by atoms with Gasteiger partial charge in [-0.15, -0.1) is 0 Å². The van der Waals surface area contributed by atoms with Crippen LogP contribution in [0.5, 0.6) is 0 Å². The van der Waals surface area contributed by atoms with Gasteiger partial charge in [0.25, 0.3) is 0 Å². The van der Waals surface area contributed by atoms with Gasteiger partial charge in [-0.2, -0.15) is 5.10 Å². The molecule has 108 valence electrons. The Morgan fingerprint density at radius 3 is 2.65 bits per heavy atom. The van der Waals surface area contributed by atoms with Crippen LogP contribution in [-0.2, 0) is 19.3 Å². The largest absolute Gasteiger partial charge is 0.328 e. The van der Waals surface area contributed by atoms with E-state index in [1.165, 1.54) is 5.69 Å². The van der Waals surface area contributed by atoms with Crippen LogP contribution in [0, 0.1) is 0 Å². The molecule has 0 radical (unpaired) electrons. The maximum Gasteiger partial charge on any atom is 0.0696 e. The minimum Gasteiger partial charge on any atom is -0.328 e. The van der Waals surface area contributed by atoms with Crippen molar-refractivity contribution in [3.05, 3.63) is 46.2 Å². The Labute approximate surface area is 125 Å². The minimum atomic E-state index is 0.0694. The van der Waals surface area contributed by atoms with Crippen LogP contribution >= 0.6 is 11.6 Å². The van der Waals surface area contributed by atoms with Crippen LogP contribution in [0.25, 0.3) is 5.69 Å². The fourth-order valence-corrected chi connectivity index (χ4v) is 2.62. The van der Waals surface area contributed by atoms with Crippen molar-refractivity contribution < 1.29 is 0 Å². The first-order chi connectivity index (χ1) is 9.56. The first-order valence-corrected chi connectivity index (χ1v) is 7.55. The number of nitrogens with zero attached hydrogens (tertiary/aromatic N) is 2. The van der Waals surface area contributed by atoms with Gasteiger partial charge in [0.05, 0.1) is 11.4 Å². The fraction of sp³-hybridized carbons (Fsp3) is 0.438. The Bertz CT molecular complexity index is 587. The van der Waals surface area contributed by atoms with Crippen molar-refractivity contribution in [1.29, 1.82) is 0 Å². The molecule has 1 heterocycles. The first-order valence-electron chi connectivity index (χ1n) is 7.17. The molecule has 1 aromatic heterocycles. The van der Waals surface area contributed by atoms with Crippen LogP contribution in [0.15, 0.2) is 24.3 Å². The molecule has 0 aliphatic rings. The topological polar surface area (TPSA) is 43.8 Å². The molecule has 20 heavy (non-hydrogen) atoms. The molecule has 2 N–H and O–H groups in total. The third-order valence-electron chi connectivity index (χ3n) is 3.41. The second-order valence-electron chi connectivity index (χ2n) is 5.16. The van der Waals surface area contributed by atoms with Gasteiger partial charge in [-0.25, -0.2) is 4.68 Å². The summed E-state index contributed by atoms with van der Waals surface area (Å²) in [6, 6.07) is 8.18. The Morgan fingerprint density at radius 2 is 2.05 bits per heavy atom. The second kappa shape index (κ2) is 6.42. The minimum absolute atomic E-state index is 0.0694. The van der Waals surface area contributed by atoms with Crippen molar-refractivity contribution in [1.82, 2.24) is 9.78 Å². The van der Waals surface area contributed by atoms with Gasteiger partial charge in [0, 0.05) is 16.8 Å². The quantitative estimate of drug-likeness (QED) is 0.916.